The standard InChI is InChI=1S/C28H28F2N6O2/c1-38-13-12-35-17-22(19-9-10-23(29)24(30)14-19)26(18-35)32-28(37)33-27-15-25(20-6-5-11-31-16-20)34-36(27)21-7-3-2-4-8-21/h2-11,14-16,22,26H,12-13,17-18H2,1H3,(H2,32,33,37)/t22-,26+/m0/s1. The molecule has 1 saturated heterocycles. The molecule has 5 rings (SSSR count). The Kier molecular flexibility index (Phi) is 7.71. The molecule has 0 radical (unpaired) electrons. The Morgan fingerprint density at radius 3 is 2.63 bits per heavy atom. The van der Waals surface area contributed by atoms with Crippen molar-refractivity contribution in [3.8, 4) is 16.9 Å². The molecule has 8 nitrogen and oxygen atoms in total. The maximum absolute atomic E-state index is 14.0. The first-order valence-corrected chi connectivity index (χ1v) is 12.3. The SMILES string of the molecule is COCCN1C[C@@H](NC(=O)Nc2cc(-c3cccnc3)nn2-c2ccccc2)[C@H](c2ccc(F)c(F)c2)C1. The van der Waals surface area contributed by atoms with Crippen LogP contribution in [0.3, 0.4) is 0 Å². The molecule has 10 heteroatoms. The molecule has 4 aromatic rings. The Hall–Kier alpha value is -4.15. The fourth-order valence-corrected chi connectivity index (χ4v) is 4.73. The van der Waals surface area contributed by atoms with Crippen molar-refractivity contribution < 1.29 is 18.3 Å². The van der Waals surface area contributed by atoms with Gasteiger partial charge < -0.3 is 10.1 Å². The summed E-state index contributed by atoms with van der Waals surface area (Å²) in [7, 11) is 1.63. The Morgan fingerprint density at radius 1 is 1.05 bits per heavy atom. The first-order valence-electron chi connectivity index (χ1n) is 12.3. The van der Waals surface area contributed by atoms with E-state index in [-0.39, 0.29) is 12.0 Å². The number of anilines is 1. The average molecular weight is 519 g/mol. The number of hydrogen-bond acceptors (Lipinski definition) is 5. The number of ether oxygens (including phenoxy) is 1. The number of halogens is 2. The molecule has 2 aromatic carbocycles. The molecule has 1 aliphatic heterocycles. The zero-order chi connectivity index (χ0) is 26.5. The van der Waals surface area contributed by atoms with Crippen LogP contribution in [0.4, 0.5) is 19.4 Å². The lowest BCUT2D eigenvalue weighted by Gasteiger charge is -2.21. The first kappa shape index (κ1) is 25.5. The van der Waals surface area contributed by atoms with Gasteiger partial charge in [0.15, 0.2) is 11.6 Å². The smallest absolute Gasteiger partial charge is 0.320 e. The molecule has 3 heterocycles. The number of nitrogens with one attached hydrogen (secondary N) is 2. The van der Waals surface area contributed by atoms with Crippen LogP contribution < -0.4 is 10.6 Å². The van der Waals surface area contributed by atoms with Gasteiger partial charge in [0.25, 0.3) is 0 Å². The summed E-state index contributed by atoms with van der Waals surface area (Å²) >= 11 is 0. The monoisotopic (exact) mass is 518 g/mol. The third-order valence-corrected chi connectivity index (χ3v) is 6.60. The van der Waals surface area contributed by atoms with Gasteiger partial charge in [0, 0.05) is 56.7 Å². The minimum absolute atomic E-state index is 0.224. The molecular formula is C28H28F2N6O2. The number of hydrogen-bond donors (Lipinski definition) is 2. The number of carbonyl (C=O) groups excluding carboxylic acids is 1. The molecule has 0 spiro atoms. The summed E-state index contributed by atoms with van der Waals surface area (Å²) in [5, 5.41) is 10.7. The summed E-state index contributed by atoms with van der Waals surface area (Å²) in [5.41, 5.74) is 2.88. The fourth-order valence-electron chi connectivity index (χ4n) is 4.73. The minimum Gasteiger partial charge on any atom is -0.383 e. The summed E-state index contributed by atoms with van der Waals surface area (Å²) in [4.78, 5) is 19.6. The zero-order valence-corrected chi connectivity index (χ0v) is 20.8. The highest BCUT2D eigenvalue weighted by Crippen LogP contribution is 2.29. The van der Waals surface area contributed by atoms with E-state index in [0.717, 1.165) is 17.3 Å². The molecule has 0 saturated carbocycles. The Morgan fingerprint density at radius 2 is 1.89 bits per heavy atom. The number of rotatable bonds is 8. The van der Waals surface area contributed by atoms with Gasteiger partial charge in [-0.1, -0.05) is 24.3 Å². The Balaban J connectivity index is 1.38. The molecule has 0 aliphatic carbocycles. The third kappa shape index (κ3) is 5.71. The molecule has 38 heavy (non-hydrogen) atoms. The quantitative estimate of drug-likeness (QED) is 0.360. The number of carbonyl (C=O) groups is 1. The molecule has 2 atom stereocenters. The predicted molar refractivity (Wildman–Crippen MR) is 140 cm³/mol. The van der Waals surface area contributed by atoms with Crippen molar-refractivity contribution in [1.29, 1.82) is 0 Å². The van der Waals surface area contributed by atoms with Crippen molar-refractivity contribution in [2.45, 2.75) is 12.0 Å². The number of aromatic nitrogens is 3. The Labute approximate surface area is 219 Å². The molecular weight excluding hydrogens is 490 g/mol. The number of methoxy groups -OCH3 is 1. The first-order chi connectivity index (χ1) is 18.5. The van der Waals surface area contributed by atoms with Crippen molar-refractivity contribution >= 4 is 11.8 Å². The highest BCUT2D eigenvalue weighted by Gasteiger charge is 2.35. The molecule has 1 fully saturated rings. The maximum atomic E-state index is 14.0. The van der Waals surface area contributed by atoms with Crippen LogP contribution in [0.5, 0.6) is 0 Å². The minimum atomic E-state index is -0.907. The van der Waals surface area contributed by atoms with Gasteiger partial charge in [0.2, 0.25) is 0 Å². The topological polar surface area (TPSA) is 84.3 Å². The maximum Gasteiger partial charge on any atom is 0.320 e. The number of urea groups is 1. The van der Waals surface area contributed by atoms with E-state index in [4.69, 9.17) is 9.84 Å². The van der Waals surface area contributed by atoms with Crippen LogP contribution in [0.25, 0.3) is 16.9 Å². The van der Waals surface area contributed by atoms with Crippen LogP contribution in [0.2, 0.25) is 0 Å². The molecule has 0 bridgehead atoms. The van der Waals surface area contributed by atoms with Gasteiger partial charge in [-0.2, -0.15) is 5.10 Å². The number of para-hydroxylation sites is 1. The second-order valence-corrected chi connectivity index (χ2v) is 9.14. The molecule has 2 N–H and O–H groups in total. The number of benzene rings is 2. The van der Waals surface area contributed by atoms with Crippen LogP contribution in [0, 0.1) is 11.6 Å². The highest BCUT2D eigenvalue weighted by molar-refractivity contribution is 5.89. The van der Waals surface area contributed by atoms with Crippen molar-refractivity contribution in [2.75, 3.05) is 38.7 Å². The second-order valence-electron chi connectivity index (χ2n) is 9.14. The van der Waals surface area contributed by atoms with Gasteiger partial charge in [-0.15, -0.1) is 0 Å². The fraction of sp³-hybridized carbons (Fsp3) is 0.250. The second kappa shape index (κ2) is 11.5. The lowest BCUT2D eigenvalue weighted by molar-refractivity contribution is 0.159. The van der Waals surface area contributed by atoms with Gasteiger partial charge >= 0.3 is 6.03 Å². The number of nitrogens with zero attached hydrogens (tertiary/aromatic N) is 4. The van der Waals surface area contributed by atoms with E-state index in [1.54, 1.807) is 36.3 Å². The van der Waals surface area contributed by atoms with E-state index in [9.17, 15) is 13.6 Å². The third-order valence-electron chi connectivity index (χ3n) is 6.60. The molecule has 196 valence electrons. The van der Waals surface area contributed by atoms with E-state index in [0.29, 0.717) is 43.3 Å². The van der Waals surface area contributed by atoms with E-state index in [2.05, 4.69) is 20.5 Å². The van der Waals surface area contributed by atoms with Gasteiger partial charge in [0.05, 0.1) is 24.0 Å². The lowest BCUT2D eigenvalue weighted by atomic mass is 9.94. The van der Waals surface area contributed by atoms with Crippen LogP contribution in [0.1, 0.15) is 11.5 Å². The van der Waals surface area contributed by atoms with Crippen LogP contribution in [0.15, 0.2) is 79.1 Å². The summed E-state index contributed by atoms with van der Waals surface area (Å²) in [6, 6.07) is 18.1. The molecule has 0 unspecified atom stereocenters. The van der Waals surface area contributed by atoms with E-state index in [1.807, 2.05) is 42.5 Å². The summed E-state index contributed by atoms with van der Waals surface area (Å²) < 4.78 is 34.5. The van der Waals surface area contributed by atoms with E-state index >= 15 is 0 Å². The van der Waals surface area contributed by atoms with Crippen molar-refractivity contribution in [2.24, 2.45) is 0 Å². The van der Waals surface area contributed by atoms with Crippen LogP contribution >= 0.6 is 0 Å². The predicted octanol–water partition coefficient (Wildman–Crippen LogP) is 4.45. The van der Waals surface area contributed by atoms with Crippen molar-refractivity contribution in [3.05, 3.63) is 96.3 Å². The summed E-state index contributed by atoms with van der Waals surface area (Å²) in [6.07, 6.45) is 3.40. The zero-order valence-electron chi connectivity index (χ0n) is 20.8. The van der Waals surface area contributed by atoms with Crippen LogP contribution in [-0.4, -0.2) is 65.1 Å². The van der Waals surface area contributed by atoms with Gasteiger partial charge in [0.1, 0.15) is 5.82 Å². The van der Waals surface area contributed by atoms with Gasteiger partial charge in [-0.3, -0.25) is 15.2 Å². The summed E-state index contributed by atoms with van der Waals surface area (Å²) in [6.45, 7) is 2.30. The van der Waals surface area contributed by atoms with Gasteiger partial charge in [-0.25, -0.2) is 18.3 Å². The van der Waals surface area contributed by atoms with E-state index in [1.165, 1.54) is 6.07 Å². The largest absolute Gasteiger partial charge is 0.383 e. The summed E-state index contributed by atoms with van der Waals surface area (Å²) in [5.74, 6) is -1.55. The van der Waals surface area contributed by atoms with Crippen molar-refractivity contribution in [3.63, 3.8) is 0 Å². The lowest BCUT2D eigenvalue weighted by Crippen LogP contribution is -2.42. The normalized spacial score (nSPS) is 17.4. The molecule has 2 aromatic heterocycles. The van der Waals surface area contributed by atoms with E-state index < -0.39 is 17.7 Å². The number of pyridine rings is 1. The highest BCUT2D eigenvalue weighted by atomic mass is 19.2. The van der Waals surface area contributed by atoms with Crippen molar-refractivity contribution in [1.82, 2.24) is 25.0 Å². The Bertz CT molecular complexity index is 1380. The average Bonchev–Trinajstić information content (AvgIpc) is 3.54. The molecule has 1 aliphatic rings. The van der Waals surface area contributed by atoms with Gasteiger partial charge in [-0.05, 0) is 42.0 Å². The number of amides is 2. The molecule has 2 amide bonds. The number of likely N-dealkylation sites (tertiary alicyclic amines) is 1. The van der Waals surface area contributed by atoms with Crippen LogP contribution in [-0.2, 0) is 4.74 Å².